The molecule has 6 heteroatoms. The Morgan fingerprint density at radius 3 is 2.86 bits per heavy atom. The predicted octanol–water partition coefficient (Wildman–Crippen LogP) is 3.67. The molecule has 0 aromatic heterocycles. The van der Waals surface area contributed by atoms with Crippen molar-refractivity contribution in [3.63, 3.8) is 0 Å². The van der Waals surface area contributed by atoms with Gasteiger partial charge in [-0.25, -0.2) is 0 Å². The summed E-state index contributed by atoms with van der Waals surface area (Å²) in [6.07, 6.45) is 9.38. The number of nitrogens with zero attached hydrogens (tertiary/aromatic N) is 2. The van der Waals surface area contributed by atoms with Gasteiger partial charge >= 0.3 is 0 Å². The third-order valence-corrected chi connectivity index (χ3v) is 7.18. The molecule has 2 unspecified atom stereocenters. The fourth-order valence-corrected chi connectivity index (χ4v) is 5.65. The van der Waals surface area contributed by atoms with E-state index in [-0.39, 0.29) is 11.7 Å². The lowest BCUT2D eigenvalue weighted by Crippen LogP contribution is -2.39. The number of aryl methyl sites for hydroxylation is 1. The van der Waals surface area contributed by atoms with Crippen molar-refractivity contribution in [2.45, 2.75) is 45.1 Å². The first-order valence-corrected chi connectivity index (χ1v) is 11.4. The Hall–Kier alpha value is -2.10. The molecule has 1 aromatic carbocycles. The number of amides is 1. The van der Waals surface area contributed by atoms with E-state index in [2.05, 4.69) is 42.3 Å². The quantitative estimate of drug-likeness (QED) is 0.751. The van der Waals surface area contributed by atoms with E-state index < -0.39 is 0 Å². The van der Waals surface area contributed by atoms with Crippen LogP contribution in [0.4, 0.5) is 0 Å². The summed E-state index contributed by atoms with van der Waals surface area (Å²) in [6, 6.07) is 7.16. The molecule has 1 aromatic rings. The molecule has 1 amide bonds. The summed E-state index contributed by atoms with van der Waals surface area (Å²) < 4.78 is 5.36. The highest BCUT2D eigenvalue weighted by Gasteiger charge is 2.31. The lowest BCUT2D eigenvalue weighted by atomic mass is 10.1. The normalized spacial score (nSPS) is 24.8. The Balaban J connectivity index is 1.50. The summed E-state index contributed by atoms with van der Waals surface area (Å²) in [5.41, 5.74) is 3.34. The molecular weight excluding hydrogens is 381 g/mol. The molecule has 1 saturated heterocycles. The molecule has 0 spiro atoms. The van der Waals surface area contributed by atoms with Crippen LogP contribution >= 0.6 is 8.58 Å². The minimum absolute atomic E-state index is 0.0649. The van der Waals surface area contributed by atoms with Crippen LogP contribution in [0.15, 0.2) is 48.3 Å². The predicted molar refractivity (Wildman–Crippen MR) is 120 cm³/mol. The van der Waals surface area contributed by atoms with Gasteiger partial charge in [0.2, 0.25) is 0 Å². The van der Waals surface area contributed by atoms with Crippen LogP contribution in [0.5, 0.6) is 5.75 Å². The minimum atomic E-state index is 0.0649. The zero-order chi connectivity index (χ0) is 20.5. The van der Waals surface area contributed by atoms with Gasteiger partial charge in [0, 0.05) is 37.4 Å². The zero-order valence-electron chi connectivity index (χ0n) is 17.6. The lowest BCUT2D eigenvalue weighted by Gasteiger charge is -2.35. The Morgan fingerprint density at radius 2 is 2.14 bits per heavy atom. The van der Waals surface area contributed by atoms with E-state index in [1.165, 1.54) is 0 Å². The average Bonchev–Trinajstić information content (AvgIpc) is 3.15. The Morgan fingerprint density at radius 1 is 1.31 bits per heavy atom. The van der Waals surface area contributed by atoms with Gasteiger partial charge in [0.05, 0.1) is 18.6 Å². The van der Waals surface area contributed by atoms with Crippen LogP contribution in [0, 0.1) is 6.92 Å². The third kappa shape index (κ3) is 4.26. The van der Waals surface area contributed by atoms with E-state index >= 15 is 0 Å². The smallest absolute Gasteiger partial charge is 0.252 e. The van der Waals surface area contributed by atoms with E-state index in [0.29, 0.717) is 20.7 Å². The molecule has 3 aliphatic heterocycles. The van der Waals surface area contributed by atoms with Gasteiger partial charge in [0.1, 0.15) is 5.75 Å². The first-order valence-electron chi connectivity index (χ1n) is 10.3. The molecule has 154 valence electrons. The molecule has 5 nitrogen and oxygen atoms in total. The first-order chi connectivity index (χ1) is 13.9. The van der Waals surface area contributed by atoms with Crippen LogP contribution in [0.3, 0.4) is 0 Å². The maximum absolute atomic E-state index is 12.9. The fourth-order valence-electron chi connectivity index (χ4n) is 4.27. The van der Waals surface area contributed by atoms with E-state index in [0.717, 1.165) is 47.4 Å². The Labute approximate surface area is 175 Å². The van der Waals surface area contributed by atoms with Crippen LogP contribution in [-0.2, 0) is 4.79 Å². The summed E-state index contributed by atoms with van der Waals surface area (Å²) >= 11 is 0. The van der Waals surface area contributed by atoms with E-state index in [1.807, 2.05) is 30.2 Å². The highest BCUT2D eigenvalue weighted by atomic mass is 31.1. The summed E-state index contributed by atoms with van der Waals surface area (Å²) in [6.45, 7) is 8.44. The summed E-state index contributed by atoms with van der Waals surface area (Å²) in [5.74, 6) is 1.05. The largest absolute Gasteiger partial charge is 0.496 e. The molecule has 3 atom stereocenters. The topological polar surface area (TPSA) is 44.8 Å². The number of nitrogens with one attached hydrogen (secondary N) is 1. The van der Waals surface area contributed by atoms with Crippen LogP contribution in [-0.4, -0.2) is 53.8 Å². The summed E-state index contributed by atoms with van der Waals surface area (Å²) in [7, 11) is 2.22. The summed E-state index contributed by atoms with van der Waals surface area (Å²) in [5, 5.41) is 4.74. The Bertz CT molecular complexity index is 890. The number of ether oxygens (including phenoxy) is 1. The second-order valence-corrected chi connectivity index (χ2v) is 9.66. The van der Waals surface area contributed by atoms with E-state index in [9.17, 15) is 4.79 Å². The molecule has 0 bridgehead atoms. The summed E-state index contributed by atoms with van der Waals surface area (Å²) in [4.78, 5) is 17.2. The second kappa shape index (κ2) is 8.33. The number of methoxy groups -OCH3 is 1. The van der Waals surface area contributed by atoms with Crippen LogP contribution < -0.4 is 10.1 Å². The van der Waals surface area contributed by atoms with Crippen molar-refractivity contribution >= 4 is 19.8 Å². The van der Waals surface area contributed by atoms with Crippen molar-refractivity contribution in [3.8, 4) is 5.75 Å². The monoisotopic (exact) mass is 411 g/mol. The van der Waals surface area contributed by atoms with Crippen LogP contribution in [0.2, 0.25) is 0 Å². The van der Waals surface area contributed by atoms with Gasteiger partial charge in [-0.15, -0.1) is 0 Å². The van der Waals surface area contributed by atoms with E-state index in [4.69, 9.17) is 4.74 Å². The van der Waals surface area contributed by atoms with Crippen LogP contribution in [0.25, 0.3) is 5.31 Å². The molecular formula is C23H30N3O2P. The van der Waals surface area contributed by atoms with Crippen molar-refractivity contribution in [1.29, 1.82) is 0 Å². The fraction of sp³-hybridized carbons (Fsp3) is 0.435. The maximum atomic E-state index is 12.9. The molecule has 3 aliphatic rings. The van der Waals surface area contributed by atoms with Crippen molar-refractivity contribution < 1.29 is 9.53 Å². The number of rotatable bonds is 5. The van der Waals surface area contributed by atoms with Crippen molar-refractivity contribution in [2.24, 2.45) is 0 Å². The number of hydrogen-bond acceptors (Lipinski definition) is 4. The van der Waals surface area contributed by atoms with Crippen molar-refractivity contribution in [3.05, 3.63) is 59.5 Å². The van der Waals surface area contributed by atoms with Gasteiger partial charge in [-0.3, -0.25) is 4.79 Å². The average molecular weight is 411 g/mol. The minimum Gasteiger partial charge on any atom is -0.496 e. The molecule has 4 rings (SSSR count). The Kier molecular flexibility index (Phi) is 5.80. The molecule has 1 fully saturated rings. The third-order valence-electron chi connectivity index (χ3n) is 5.67. The van der Waals surface area contributed by atoms with E-state index in [1.54, 1.807) is 13.2 Å². The van der Waals surface area contributed by atoms with Gasteiger partial charge < -0.3 is 19.9 Å². The van der Waals surface area contributed by atoms with Gasteiger partial charge in [-0.2, -0.15) is 0 Å². The SMILES string of the molecule is COc1ccc(C2=CC(=O)N3C=C(N4CC[C@H](NC(C)C)C4)C=CC3P2)cc1C. The molecule has 1 N–H and O–H groups in total. The highest BCUT2D eigenvalue weighted by molar-refractivity contribution is 7.51. The maximum Gasteiger partial charge on any atom is 0.252 e. The number of likely N-dealkylation sites (tertiary alicyclic amines) is 1. The van der Waals surface area contributed by atoms with Gasteiger partial charge in [0.15, 0.2) is 0 Å². The number of allylic oxidation sites excluding steroid dienone is 1. The van der Waals surface area contributed by atoms with Gasteiger partial charge in [-0.05, 0) is 48.0 Å². The first kappa shape index (κ1) is 20.2. The highest BCUT2D eigenvalue weighted by Crippen LogP contribution is 2.45. The van der Waals surface area contributed by atoms with Crippen molar-refractivity contribution in [2.75, 3.05) is 20.2 Å². The molecule has 0 radical (unpaired) electrons. The van der Waals surface area contributed by atoms with Gasteiger partial charge in [0.25, 0.3) is 5.91 Å². The molecule has 0 aliphatic carbocycles. The van der Waals surface area contributed by atoms with Crippen LogP contribution in [0.1, 0.15) is 31.4 Å². The molecule has 3 heterocycles. The number of fused-ring (bicyclic) bond motifs is 1. The number of hydrogen-bond donors (Lipinski definition) is 1. The number of benzene rings is 1. The second-order valence-electron chi connectivity index (χ2n) is 8.24. The molecule has 0 saturated carbocycles. The standard InChI is InChI=1S/C23H30N3O2P/c1-15(2)24-18-9-10-25(13-18)19-6-8-23-26(14-19)22(27)12-21(29-23)17-5-7-20(28-4)16(3)11-17/h5-8,11-12,14-15,18,23-24,29H,9-10,13H2,1-4H3/t18-,23?/m0/s1. The number of carbonyl (C=O) groups excluding carboxylic acids is 1. The van der Waals surface area contributed by atoms with Gasteiger partial charge in [-0.1, -0.05) is 34.6 Å². The lowest BCUT2D eigenvalue weighted by molar-refractivity contribution is -0.123. The zero-order valence-corrected chi connectivity index (χ0v) is 18.6. The van der Waals surface area contributed by atoms with Crippen molar-refractivity contribution in [1.82, 2.24) is 15.1 Å². The molecule has 29 heavy (non-hydrogen) atoms. The number of carbonyl (C=O) groups is 1.